The SMILES string of the molecule is O=C(NCCCn1ccnc1)N(CCO)CCC12CC3CC(CC(C3)C1)C2. The van der Waals surface area contributed by atoms with Gasteiger partial charge in [0.1, 0.15) is 0 Å². The number of nitrogens with one attached hydrogen (secondary N) is 1. The van der Waals surface area contributed by atoms with E-state index in [4.69, 9.17) is 0 Å². The molecule has 2 N–H and O–H groups in total. The average molecular weight is 375 g/mol. The van der Waals surface area contributed by atoms with Crippen molar-refractivity contribution in [3.63, 3.8) is 0 Å². The van der Waals surface area contributed by atoms with Crippen molar-refractivity contribution in [1.82, 2.24) is 19.8 Å². The van der Waals surface area contributed by atoms with Crippen LogP contribution in [-0.2, 0) is 6.54 Å². The van der Waals surface area contributed by atoms with Crippen LogP contribution in [0.2, 0.25) is 0 Å². The summed E-state index contributed by atoms with van der Waals surface area (Å²) in [6.45, 7) is 2.74. The molecule has 0 radical (unpaired) electrons. The van der Waals surface area contributed by atoms with E-state index in [-0.39, 0.29) is 12.6 Å². The lowest BCUT2D eigenvalue weighted by atomic mass is 9.49. The Kier molecular flexibility index (Phi) is 5.71. The minimum absolute atomic E-state index is 0.0283. The molecule has 1 heterocycles. The minimum Gasteiger partial charge on any atom is -0.395 e. The zero-order chi connectivity index (χ0) is 18.7. The predicted molar refractivity (Wildman–Crippen MR) is 104 cm³/mol. The standard InChI is InChI=1S/C21H34N4O2/c26-9-8-25(20(27)23-3-1-5-24-7-4-22-16-24)6-2-21-13-17-10-18(14-21)12-19(11-17)15-21/h4,7,16-19,26H,1-3,5-6,8-15H2,(H,23,27). The summed E-state index contributed by atoms with van der Waals surface area (Å²) in [5.74, 6) is 2.83. The molecule has 4 saturated carbocycles. The number of rotatable bonds is 9. The smallest absolute Gasteiger partial charge is 0.317 e. The molecule has 27 heavy (non-hydrogen) atoms. The summed E-state index contributed by atoms with van der Waals surface area (Å²) < 4.78 is 2.02. The van der Waals surface area contributed by atoms with Crippen LogP contribution < -0.4 is 5.32 Å². The van der Waals surface area contributed by atoms with Crippen molar-refractivity contribution in [2.45, 2.75) is 57.9 Å². The van der Waals surface area contributed by atoms with Crippen LogP contribution in [0.15, 0.2) is 18.7 Å². The van der Waals surface area contributed by atoms with Crippen LogP contribution in [0.25, 0.3) is 0 Å². The van der Waals surface area contributed by atoms with Crippen molar-refractivity contribution in [2.75, 3.05) is 26.2 Å². The molecule has 0 aromatic carbocycles. The van der Waals surface area contributed by atoms with Crippen LogP contribution in [0.4, 0.5) is 4.79 Å². The number of imidazole rings is 1. The molecule has 0 unspecified atom stereocenters. The molecule has 5 rings (SSSR count). The number of amides is 2. The maximum Gasteiger partial charge on any atom is 0.317 e. The van der Waals surface area contributed by atoms with Gasteiger partial charge in [-0.2, -0.15) is 0 Å². The number of hydrogen-bond acceptors (Lipinski definition) is 3. The van der Waals surface area contributed by atoms with E-state index in [1.165, 1.54) is 38.5 Å². The molecule has 4 aliphatic rings. The van der Waals surface area contributed by atoms with E-state index in [9.17, 15) is 9.90 Å². The summed E-state index contributed by atoms with van der Waals surface area (Å²) in [5.41, 5.74) is 0.476. The molecule has 4 fully saturated rings. The lowest BCUT2D eigenvalue weighted by Gasteiger charge is -2.57. The van der Waals surface area contributed by atoms with E-state index in [1.54, 1.807) is 12.5 Å². The topological polar surface area (TPSA) is 70.4 Å². The van der Waals surface area contributed by atoms with Crippen molar-refractivity contribution >= 4 is 6.03 Å². The maximum atomic E-state index is 12.6. The molecule has 1 aromatic rings. The van der Waals surface area contributed by atoms with Gasteiger partial charge in [0.2, 0.25) is 0 Å². The van der Waals surface area contributed by atoms with Gasteiger partial charge in [-0.05, 0) is 74.5 Å². The molecule has 150 valence electrons. The molecular formula is C21H34N4O2. The van der Waals surface area contributed by atoms with Gasteiger partial charge in [0.15, 0.2) is 0 Å². The molecular weight excluding hydrogens is 340 g/mol. The molecule has 0 aliphatic heterocycles. The summed E-state index contributed by atoms with van der Waals surface area (Å²) >= 11 is 0. The molecule has 6 nitrogen and oxygen atoms in total. The van der Waals surface area contributed by atoms with Crippen LogP contribution in [0.3, 0.4) is 0 Å². The lowest BCUT2D eigenvalue weighted by molar-refractivity contribution is -0.0598. The highest BCUT2D eigenvalue weighted by atomic mass is 16.3. The molecule has 0 spiro atoms. The van der Waals surface area contributed by atoms with Gasteiger partial charge < -0.3 is 19.9 Å². The summed E-state index contributed by atoms with van der Waals surface area (Å²) in [5, 5.41) is 12.4. The second-order valence-corrected chi connectivity index (χ2v) is 9.26. The van der Waals surface area contributed by atoms with Crippen molar-refractivity contribution in [2.24, 2.45) is 23.2 Å². The zero-order valence-corrected chi connectivity index (χ0v) is 16.4. The Morgan fingerprint density at radius 3 is 2.48 bits per heavy atom. The normalized spacial score (nSPS) is 31.2. The van der Waals surface area contributed by atoms with Crippen molar-refractivity contribution < 1.29 is 9.90 Å². The molecule has 4 bridgehead atoms. The van der Waals surface area contributed by atoms with Gasteiger partial charge in [-0.25, -0.2) is 9.78 Å². The third-order valence-corrected chi connectivity index (χ3v) is 7.16. The van der Waals surface area contributed by atoms with Gasteiger partial charge in [-0.1, -0.05) is 0 Å². The van der Waals surface area contributed by atoms with Crippen LogP contribution in [-0.4, -0.2) is 51.8 Å². The Morgan fingerprint density at radius 1 is 1.19 bits per heavy atom. The number of hydrogen-bond donors (Lipinski definition) is 2. The van der Waals surface area contributed by atoms with E-state index in [2.05, 4.69) is 10.3 Å². The second-order valence-electron chi connectivity index (χ2n) is 9.26. The molecule has 1 aromatic heterocycles. The molecule has 0 atom stereocenters. The number of aryl methyl sites for hydroxylation is 1. The largest absolute Gasteiger partial charge is 0.395 e. The first-order valence-electron chi connectivity index (χ1n) is 10.8. The molecule has 6 heteroatoms. The highest BCUT2D eigenvalue weighted by molar-refractivity contribution is 5.74. The third-order valence-electron chi connectivity index (χ3n) is 7.16. The summed E-state index contributed by atoms with van der Waals surface area (Å²) in [6, 6.07) is -0.0283. The third kappa shape index (κ3) is 4.48. The fourth-order valence-electron chi connectivity index (χ4n) is 6.39. The van der Waals surface area contributed by atoms with Gasteiger partial charge in [-0.3, -0.25) is 0 Å². The average Bonchev–Trinajstić information content (AvgIpc) is 3.14. The number of aliphatic hydroxyl groups excluding tert-OH is 1. The van der Waals surface area contributed by atoms with Gasteiger partial charge in [0.25, 0.3) is 0 Å². The number of aromatic nitrogens is 2. The first-order valence-corrected chi connectivity index (χ1v) is 10.8. The lowest BCUT2D eigenvalue weighted by Crippen LogP contribution is -2.49. The number of nitrogens with zero attached hydrogens (tertiary/aromatic N) is 3. The van der Waals surface area contributed by atoms with E-state index >= 15 is 0 Å². The predicted octanol–water partition coefficient (Wildman–Crippen LogP) is 2.88. The number of carbonyl (C=O) groups is 1. The fourth-order valence-corrected chi connectivity index (χ4v) is 6.39. The minimum atomic E-state index is -0.0283. The summed E-state index contributed by atoms with van der Waals surface area (Å²) in [4.78, 5) is 18.5. The maximum absolute atomic E-state index is 12.6. The van der Waals surface area contributed by atoms with Gasteiger partial charge in [-0.15, -0.1) is 0 Å². The van der Waals surface area contributed by atoms with Crippen molar-refractivity contribution in [3.8, 4) is 0 Å². The van der Waals surface area contributed by atoms with Crippen LogP contribution in [0.5, 0.6) is 0 Å². The van der Waals surface area contributed by atoms with Gasteiger partial charge >= 0.3 is 6.03 Å². The number of urea groups is 1. The Labute approximate surface area is 162 Å². The molecule has 4 aliphatic carbocycles. The Balaban J connectivity index is 1.24. The highest BCUT2D eigenvalue weighted by Gasteiger charge is 2.50. The highest BCUT2D eigenvalue weighted by Crippen LogP contribution is 2.61. The Morgan fingerprint density at radius 2 is 1.89 bits per heavy atom. The van der Waals surface area contributed by atoms with Gasteiger partial charge in [0, 0.05) is 38.6 Å². The summed E-state index contributed by atoms with van der Waals surface area (Å²) in [6.07, 6.45) is 16.0. The number of carbonyl (C=O) groups excluding carboxylic acids is 1. The Hall–Kier alpha value is -1.56. The van der Waals surface area contributed by atoms with Gasteiger partial charge in [0.05, 0.1) is 12.9 Å². The fraction of sp³-hybridized carbons (Fsp3) is 0.810. The first kappa shape index (κ1) is 18.8. The zero-order valence-electron chi connectivity index (χ0n) is 16.4. The van der Waals surface area contributed by atoms with Crippen LogP contribution >= 0.6 is 0 Å². The first-order chi connectivity index (χ1) is 13.2. The van der Waals surface area contributed by atoms with E-state index in [1.807, 2.05) is 15.7 Å². The van der Waals surface area contributed by atoms with Crippen molar-refractivity contribution in [1.29, 1.82) is 0 Å². The Bertz CT molecular complexity index is 580. The molecule has 2 amide bonds. The summed E-state index contributed by atoms with van der Waals surface area (Å²) in [7, 11) is 0. The quantitative estimate of drug-likeness (QED) is 0.653. The second kappa shape index (κ2) is 8.21. The van der Waals surface area contributed by atoms with Crippen molar-refractivity contribution in [3.05, 3.63) is 18.7 Å². The van der Waals surface area contributed by atoms with Crippen LogP contribution in [0.1, 0.15) is 51.4 Å². The van der Waals surface area contributed by atoms with E-state index < -0.39 is 0 Å². The monoisotopic (exact) mass is 374 g/mol. The molecule has 0 saturated heterocycles. The van der Waals surface area contributed by atoms with Crippen LogP contribution in [0, 0.1) is 23.2 Å². The van der Waals surface area contributed by atoms with E-state index in [0.29, 0.717) is 18.5 Å². The number of aliphatic hydroxyl groups is 1. The van der Waals surface area contributed by atoms with E-state index in [0.717, 1.165) is 43.7 Å².